The molecule has 1 aliphatic heterocycles. The monoisotopic (exact) mass is 234 g/mol. The fourth-order valence-corrected chi connectivity index (χ4v) is 1.85. The van der Waals surface area contributed by atoms with Crippen molar-refractivity contribution < 1.29 is 14.7 Å². The molecule has 0 bridgehead atoms. The molecule has 2 N–H and O–H groups in total. The van der Waals surface area contributed by atoms with Crippen molar-refractivity contribution in [3.05, 3.63) is 29.8 Å². The lowest BCUT2D eigenvalue weighted by atomic mass is 10.0. The van der Waals surface area contributed by atoms with Gasteiger partial charge in [0.1, 0.15) is 0 Å². The van der Waals surface area contributed by atoms with Crippen LogP contribution in [0.3, 0.4) is 0 Å². The van der Waals surface area contributed by atoms with Crippen LogP contribution >= 0.6 is 0 Å². The number of carboxylic acid groups (broad SMARTS) is 1. The van der Waals surface area contributed by atoms with E-state index >= 15 is 0 Å². The van der Waals surface area contributed by atoms with Crippen molar-refractivity contribution in [1.29, 1.82) is 0 Å². The summed E-state index contributed by atoms with van der Waals surface area (Å²) < 4.78 is 0. The predicted molar refractivity (Wildman–Crippen MR) is 62.7 cm³/mol. The lowest BCUT2D eigenvalue weighted by molar-refractivity contribution is -0.117. The van der Waals surface area contributed by atoms with Gasteiger partial charge in [-0.3, -0.25) is 4.79 Å². The minimum atomic E-state index is -1.00. The van der Waals surface area contributed by atoms with E-state index in [1.807, 2.05) is 13.8 Å². The first-order chi connectivity index (χ1) is 7.89. The summed E-state index contributed by atoms with van der Waals surface area (Å²) in [5.41, 5.74) is 3.48. The van der Waals surface area contributed by atoms with Crippen molar-refractivity contribution in [2.45, 2.75) is 25.8 Å². The van der Waals surface area contributed by atoms with Crippen LogP contribution in [0.2, 0.25) is 0 Å². The zero-order valence-corrected chi connectivity index (χ0v) is 9.73. The van der Waals surface area contributed by atoms with E-state index in [2.05, 4.69) is 5.43 Å². The second kappa shape index (κ2) is 3.85. The summed E-state index contributed by atoms with van der Waals surface area (Å²) >= 11 is 0. The first-order valence-electron chi connectivity index (χ1n) is 5.33. The number of aromatic carboxylic acids is 1. The number of rotatable bonds is 2. The summed E-state index contributed by atoms with van der Waals surface area (Å²) in [4.78, 5) is 22.6. The van der Waals surface area contributed by atoms with Crippen LogP contribution in [0.25, 0.3) is 0 Å². The molecule has 0 unspecified atom stereocenters. The van der Waals surface area contributed by atoms with Crippen molar-refractivity contribution in [3.8, 4) is 0 Å². The van der Waals surface area contributed by atoms with Gasteiger partial charge in [0, 0.05) is 12.0 Å². The Morgan fingerprint density at radius 2 is 2.18 bits per heavy atom. The van der Waals surface area contributed by atoms with Crippen LogP contribution < -0.4 is 10.4 Å². The molecule has 0 radical (unpaired) electrons. The number of hydrazine groups is 1. The number of nitrogens with one attached hydrogen (secondary N) is 1. The molecule has 2 rings (SSSR count). The van der Waals surface area contributed by atoms with Crippen molar-refractivity contribution in [2.24, 2.45) is 0 Å². The van der Waals surface area contributed by atoms with Gasteiger partial charge in [-0.05, 0) is 32.0 Å². The maximum absolute atomic E-state index is 11.8. The van der Waals surface area contributed by atoms with E-state index in [9.17, 15) is 9.59 Å². The van der Waals surface area contributed by atoms with Gasteiger partial charge in [-0.15, -0.1) is 0 Å². The van der Waals surface area contributed by atoms with Crippen LogP contribution in [-0.2, 0) is 4.79 Å². The second-order valence-electron chi connectivity index (χ2n) is 4.76. The highest BCUT2D eigenvalue weighted by molar-refractivity contribution is 5.97. The summed E-state index contributed by atoms with van der Waals surface area (Å²) in [5.74, 6) is -1.06. The van der Waals surface area contributed by atoms with Crippen molar-refractivity contribution in [3.63, 3.8) is 0 Å². The summed E-state index contributed by atoms with van der Waals surface area (Å²) in [6, 6.07) is 6.31. The Balaban J connectivity index is 2.32. The number of anilines is 1. The molecule has 1 heterocycles. The van der Waals surface area contributed by atoms with Gasteiger partial charge in [0.15, 0.2) is 0 Å². The predicted octanol–water partition coefficient (Wildman–Crippen LogP) is 1.40. The molecule has 1 fully saturated rings. The maximum Gasteiger partial charge on any atom is 0.335 e. The molecule has 17 heavy (non-hydrogen) atoms. The molecule has 0 spiro atoms. The zero-order valence-electron chi connectivity index (χ0n) is 9.73. The van der Waals surface area contributed by atoms with Gasteiger partial charge in [0.25, 0.3) is 0 Å². The first kappa shape index (κ1) is 11.6. The molecule has 1 amide bonds. The zero-order chi connectivity index (χ0) is 12.6. The van der Waals surface area contributed by atoms with Gasteiger partial charge in [-0.1, -0.05) is 6.07 Å². The summed E-state index contributed by atoms with van der Waals surface area (Å²) in [5, 5.41) is 10.3. The SMILES string of the molecule is CC1(C)CC(=O)N(c2cccc(C(=O)O)c2)N1. The molecule has 1 saturated heterocycles. The Hall–Kier alpha value is -1.88. The molecule has 1 aromatic rings. The van der Waals surface area contributed by atoms with Crippen molar-refractivity contribution >= 4 is 17.6 Å². The van der Waals surface area contributed by atoms with Gasteiger partial charge in [0.05, 0.1) is 11.3 Å². The van der Waals surface area contributed by atoms with E-state index in [1.165, 1.54) is 17.1 Å². The van der Waals surface area contributed by atoms with E-state index in [0.717, 1.165) is 0 Å². The molecular weight excluding hydrogens is 220 g/mol. The largest absolute Gasteiger partial charge is 0.478 e. The van der Waals surface area contributed by atoms with Gasteiger partial charge >= 0.3 is 5.97 Å². The van der Waals surface area contributed by atoms with Crippen LogP contribution in [0, 0.1) is 0 Å². The molecule has 1 aromatic carbocycles. The molecule has 0 atom stereocenters. The number of carboxylic acids is 1. The Labute approximate surface area is 99.0 Å². The summed E-state index contributed by atoms with van der Waals surface area (Å²) in [6.45, 7) is 3.85. The van der Waals surface area contributed by atoms with Crippen molar-refractivity contribution in [2.75, 3.05) is 5.01 Å². The Morgan fingerprint density at radius 1 is 1.47 bits per heavy atom. The molecule has 0 saturated carbocycles. The van der Waals surface area contributed by atoms with Crippen LogP contribution in [0.15, 0.2) is 24.3 Å². The maximum atomic E-state index is 11.8. The van der Waals surface area contributed by atoms with E-state index in [1.54, 1.807) is 12.1 Å². The molecule has 5 nitrogen and oxygen atoms in total. The first-order valence-corrected chi connectivity index (χ1v) is 5.33. The van der Waals surface area contributed by atoms with Crippen LogP contribution in [0.4, 0.5) is 5.69 Å². The van der Waals surface area contributed by atoms with Gasteiger partial charge in [-0.25, -0.2) is 15.2 Å². The quantitative estimate of drug-likeness (QED) is 0.811. The highest BCUT2D eigenvalue weighted by Crippen LogP contribution is 2.25. The summed E-state index contributed by atoms with van der Waals surface area (Å²) in [7, 11) is 0. The Morgan fingerprint density at radius 3 is 2.71 bits per heavy atom. The minimum Gasteiger partial charge on any atom is -0.478 e. The van der Waals surface area contributed by atoms with Crippen LogP contribution in [0.5, 0.6) is 0 Å². The average molecular weight is 234 g/mol. The second-order valence-corrected chi connectivity index (χ2v) is 4.76. The molecule has 0 aromatic heterocycles. The number of amides is 1. The van der Waals surface area contributed by atoms with Crippen molar-refractivity contribution in [1.82, 2.24) is 5.43 Å². The standard InChI is InChI=1S/C12H14N2O3/c1-12(2)7-10(15)14(13-12)9-5-3-4-8(6-9)11(16)17/h3-6,13H,7H2,1-2H3,(H,16,17). The van der Waals surface area contributed by atoms with Crippen LogP contribution in [-0.4, -0.2) is 22.5 Å². The normalized spacial score (nSPS) is 18.5. The van der Waals surface area contributed by atoms with E-state index in [0.29, 0.717) is 12.1 Å². The molecule has 0 aliphatic carbocycles. The number of benzene rings is 1. The minimum absolute atomic E-state index is 0.0578. The van der Waals surface area contributed by atoms with Gasteiger partial charge in [0.2, 0.25) is 5.91 Å². The third-order valence-corrected chi connectivity index (χ3v) is 2.61. The van der Waals surface area contributed by atoms with Gasteiger partial charge < -0.3 is 5.11 Å². The molecule has 5 heteroatoms. The Kier molecular flexibility index (Phi) is 2.63. The highest BCUT2D eigenvalue weighted by atomic mass is 16.4. The number of hydrogen-bond donors (Lipinski definition) is 2. The number of carbonyl (C=O) groups excluding carboxylic acids is 1. The van der Waals surface area contributed by atoms with E-state index in [4.69, 9.17) is 5.11 Å². The lowest BCUT2D eigenvalue weighted by Gasteiger charge is -2.21. The van der Waals surface area contributed by atoms with Gasteiger partial charge in [-0.2, -0.15) is 0 Å². The fraction of sp³-hybridized carbons (Fsp3) is 0.333. The third-order valence-electron chi connectivity index (χ3n) is 2.61. The molecule has 90 valence electrons. The fourth-order valence-electron chi connectivity index (χ4n) is 1.85. The lowest BCUT2D eigenvalue weighted by Crippen LogP contribution is -2.42. The Bertz CT molecular complexity index is 482. The highest BCUT2D eigenvalue weighted by Gasteiger charge is 2.36. The number of nitrogens with zero attached hydrogens (tertiary/aromatic N) is 1. The topological polar surface area (TPSA) is 69.6 Å². The molecule has 1 aliphatic rings. The number of carbonyl (C=O) groups is 2. The van der Waals surface area contributed by atoms with E-state index in [-0.39, 0.29) is 17.0 Å². The third kappa shape index (κ3) is 2.29. The van der Waals surface area contributed by atoms with E-state index < -0.39 is 5.97 Å². The number of hydrogen-bond acceptors (Lipinski definition) is 3. The van der Waals surface area contributed by atoms with Crippen LogP contribution in [0.1, 0.15) is 30.6 Å². The smallest absolute Gasteiger partial charge is 0.335 e. The average Bonchev–Trinajstić information content (AvgIpc) is 2.52. The molecular formula is C12H14N2O3. The summed E-state index contributed by atoms with van der Waals surface area (Å²) in [6.07, 6.45) is 0.393.